The number of nitrogens with zero attached hydrogens (tertiary/aromatic N) is 2. The molecular formula is C24H29N3O2. The highest BCUT2D eigenvalue weighted by Gasteiger charge is 2.06. The van der Waals surface area contributed by atoms with Gasteiger partial charge in [-0.1, -0.05) is 24.3 Å². The fraction of sp³-hybridized carbons (Fsp3) is 0.333. The van der Waals surface area contributed by atoms with Gasteiger partial charge < -0.3 is 14.6 Å². The largest absolute Gasteiger partial charge is 0.491 e. The highest BCUT2D eigenvalue weighted by Crippen LogP contribution is 2.15. The first-order chi connectivity index (χ1) is 14.0. The summed E-state index contributed by atoms with van der Waals surface area (Å²) in [5.41, 5.74) is 3.08. The molecule has 1 N–H and O–H groups in total. The fourth-order valence-corrected chi connectivity index (χ4v) is 3.13. The first-order valence-corrected chi connectivity index (χ1v) is 10.1. The van der Waals surface area contributed by atoms with Crippen LogP contribution in [0, 0.1) is 6.92 Å². The molecule has 1 aromatic heterocycles. The number of benzene rings is 2. The molecule has 0 radical (unpaired) electrons. The van der Waals surface area contributed by atoms with Gasteiger partial charge in [-0.05, 0) is 69.0 Å². The van der Waals surface area contributed by atoms with Crippen LogP contribution < -0.4 is 10.1 Å². The maximum Gasteiger partial charge on any atom is 0.251 e. The monoisotopic (exact) mass is 391 g/mol. The molecule has 29 heavy (non-hydrogen) atoms. The van der Waals surface area contributed by atoms with Crippen LogP contribution in [0.3, 0.4) is 0 Å². The van der Waals surface area contributed by atoms with E-state index in [2.05, 4.69) is 27.0 Å². The molecule has 0 spiro atoms. The number of hydrogen-bond acceptors (Lipinski definition) is 3. The third-order valence-electron chi connectivity index (χ3n) is 4.72. The zero-order valence-corrected chi connectivity index (χ0v) is 17.4. The Labute approximate surface area is 172 Å². The molecule has 0 saturated carbocycles. The van der Waals surface area contributed by atoms with E-state index in [0.717, 1.165) is 36.5 Å². The third-order valence-corrected chi connectivity index (χ3v) is 4.72. The summed E-state index contributed by atoms with van der Waals surface area (Å²) in [6.45, 7) is 7.43. The fourth-order valence-electron chi connectivity index (χ4n) is 3.13. The first-order valence-electron chi connectivity index (χ1n) is 10.1. The summed E-state index contributed by atoms with van der Waals surface area (Å²) in [4.78, 5) is 16.6. The van der Waals surface area contributed by atoms with Crippen molar-refractivity contribution in [1.82, 2.24) is 14.9 Å². The highest BCUT2D eigenvalue weighted by molar-refractivity contribution is 5.94. The van der Waals surface area contributed by atoms with Gasteiger partial charge in [-0.25, -0.2) is 4.98 Å². The lowest BCUT2D eigenvalue weighted by Gasteiger charge is -2.10. The quantitative estimate of drug-likeness (QED) is 0.551. The molecule has 5 heteroatoms. The SMILES string of the molecule is Cc1nccn1Cc1ccc(C(=O)NCCCc2ccc(OC(C)C)cc2)cc1. The second-order valence-electron chi connectivity index (χ2n) is 7.47. The minimum Gasteiger partial charge on any atom is -0.491 e. The molecule has 152 valence electrons. The van der Waals surface area contributed by atoms with Crippen LogP contribution >= 0.6 is 0 Å². The van der Waals surface area contributed by atoms with Crippen molar-refractivity contribution >= 4 is 5.91 Å². The Kier molecular flexibility index (Phi) is 7.06. The maximum atomic E-state index is 12.3. The number of aromatic nitrogens is 2. The van der Waals surface area contributed by atoms with Crippen LogP contribution in [0.2, 0.25) is 0 Å². The molecule has 0 atom stereocenters. The second-order valence-corrected chi connectivity index (χ2v) is 7.47. The van der Waals surface area contributed by atoms with Crippen molar-refractivity contribution in [3.05, 3.63) is 83.4 Å². The lowest BCUT2D eigenvalue weighted by molar-refractivity contribution is 0.0953. The van der Waals surface area contributed by atoms with Crippen LogP contribution in [0.5, 0.6) is 5.75 Å². The molecule has 0 fully saturated rings. The zero-order valence-electron chi connectivity index (χ0n) is 17.4. The number of carbonyl (C=O) groups is 1. The zero-order chi connectivity index (χ0) is 20.6. The van der Waals surface area contributed by atoms with Gasteiger partial charge in [-0.2, -0.15) is 0 Å². The summed E-state index contributed by atoms with van der Waals surface area (Å²) in [5.74, 6) is 1.84. The summed E-state index contributed by atoms with van der Waals surface area (Å²) >= 11 is 0. The normalized spacial score (nSPS) is 10.9. The van der Waals surface area contributed by atoms with Crippen LogP contribution in [-0.2, 0) is 13.0 Å². The van der Waals surface area contributed by atoms with Gasteiger partial charge in [-0.15, -0.1) is 0 Å². The Balaban J connectivity index is 1.42. The van der Waals surface area contributed by atoms with Crippen molar-refractivity contribution in [1.29, 1.82) is 0 Å². The summed E-state index contributed by atoms with van der Waals surface area (Å²) in [5, 5.41) is 3.00. The smallest absolute Gasteiger partial charge is 0.251 e. The predicted molar refractivity (Wildman–Crippen MR) is 115 cm³/mol. The number of aryl methyl sites for hydroxylation is 2. The van der Waals surface area contributed by atoms with E-state index in [1.165, 1.54) is 5.56 Å². The van der Waals surface area contributed by atoms with Gasteiger partial charge in [-0.3, -0.25) is 4.79 Å². The maximum absolute atomic E-state index is 12.3. The Morgan fingerprint density at radius 2 is 1.76 bits per heavy atom. The standard InChI is InChI=1S/C24H29N3O2/c1-18(2)29-23-12-8-20(9-13-23)5-4-14-26-24(28)22-10-6-21(7-11-22)17-27-16-15-25-19(27)3/h6-13,15-16,18H,4-5,14,17H2,1-3H3,(H,26,28). The average Bonchev–Trinajstić information content (AvgIpc) is 3.11. The molecule has 1 heterocycles. The number of ether oxygens (including phenoxy) is 1. The average molecular weight is 392 g/mol. The number of rotatable bonds is 9. The molecular weight excluding hydrogens is 362 g/mol. The van der Waals surface area contributed by atoms with Crippen molar-refractivity contribution < 1.29 is 9.53 Å². The molecule has 0 aliphatic rings. The van der Waals surface area contributed by atoms with E-state index >= 15 is 0 Å². The van der Waals surface area contributed by atoms with Gasteiger partial charge in [0.2, 0.25) is 0 Å². The summed E-state index contributed by atoms with van der Waals surface area (Å²) in [7, 11) is 0. The van der Waals surface area contributed by atoms with Gasteiger partial charge in [0.1, 0.15) is 11.6 Å². The molecule has 5 nitrogen and oxygen atoms in total. The molecule has 0 unspecified atom stereocenters. The topological polar surface area (TPSA) is 56.2 Å². The minimum absolute atomic E-state index is 0.0314. The minimum atomic E-state index is -0.0314. The van der Waals surface area contributed by atoms with Crippen molar-refractivity contribution in [3.63, 3.8) is 0 Å². The van der Waals surface area contributed by atoms with Gasteiger partial charge >= 0.3 is 0 Å². The van der Waals surface area contributed by atoms with Gasteiger partial charge in [0, 0.05) is 31.0 Å². The molecule has 1 amide bonds. The number of imidazole rings is 1. The Hall–Kier alpha value is -3.08. The van der Waals surface area contributed by atoms with Crippen LogP contribution in [0.4, 0.5) is 0 Å². The number of amides is 1. The van der Waals surface area contributed by atoms with Gasteiger partial charge in [0.15, 0.2) is 0 Å². The van der Waals surface area contributed by atoms with Crippen LogP contribution in [-0.4, -0.2) is 28.1 Å². The summed E-state index contributed by atoms with van der Waals surface area (Å²) < 4.78 is 7.74. The molecule has 0 saturated heterocycles. The lowest BCUT2D eigenvalue weighted by Crippen LogP contribution is -2.24. The van der Waals surface area contributed by atoms with Crippen molar-refractivity contribution in [2.45, 2.75) is 46.3 Å². The lowest BCUT2D eigenvalue weighted by atomic mass is 10.1. The number of carbonyl (C=O) groups excluding carboxylic acids is 1. The summed E-state index contributed by atoms with van der Waals surface area (Å²) in [6.07, 6.45) is 5.76. The van der Waals surface area contributed by atoms with Gasteiger partial charge in [0.25, 0.3) is 5.91 Å². The number of nitrogens with one attached hydrogen (secondary N) is 1. The molecule has 3 rings (SSSR count). The van der Waals surface area contributed by atoms with E-state index in [-0.39, 0.29) is 12.0 Å². The van der Waals surface area contributed by atoms with Crippen molar-refractivity contribution in [2.24, 2.45) is 0 Å². The van der Waals surface area contributed by atoms with E-state index in [4.69, 9.17) is 4.74 Å². The first kappa shape index (κ1) is 20.6. The Morgan fingerprint density at radius 3 is 2.38 bits per heavy atom. The number of hydrogen-bond donors (Lipinski definition) is 1. The Morgan fingerprint density at radius 1 is 1.07 bits per heavy atom. The van der Waals surface area contributed by atoms with Crippen LogP contribution in [0.25, 0.3) is 0 Å². The molecule has 0 aliphatic carbocycles. The molecule has 3 aromatic rings. The van der Waals surface area contributed by atoms with E-state index in [1.807, 2.05) is 63.4 Å². The van der Waals surface area contributed by atoms with E-state index in [0.29, 0.717) is 12.1 Å². The third kappa shape index (κ3) is 6.21. The van der Waals surface area contributed by atoms with Gasteiger partial charge in [0.05, 0.1) is 6.10 Å². The molecule has 0 aliphatic heterocycles. The summed E-state index contributed by atoms with van der Waals surface area (Å²) in [6, 6.07) is 15.9. The highest BCUT2D eigenvalue weighted by atomic mass is 16.5. The van der Waals surface area contributed by atoms with Crippen molar-refractivity contribution in [3.8, 4) is 5.75 Å². The molecule has 2 aromatic carbocycles. The van der Waals surface area contributed by atoms with E-state index in [9.17, 15) is 4.79 Å². The van der Waals surface area contributed by atoms with Crippen molar-refractivity contribution in [2.75, 3.05) is 6.54 Å². The molecule has 0 bridgehead atoms. The Bertz CT molecular complexity index is 912. The van der Waals surface area contributed by atoms with E-state index < -0.39 is 0 Å². The van der Waals surface area contributed by atoms with E-state index in [1.54, 1.807) is 6.20 Å². The second kappa shape index (κ2) is 9.92. The van der Waals surface area contributed by atoms with Crippen LogP contribution in [0.15, 0.2) is 60.9 Å². The van der Waals surface area contributed by atoms with Crippen LogP contribution in [0.1, 0.15) is 47.6 Å². The predicted octanol–water partition coefficient (Wildman–Crippen LogP) is 4.39.